The quantitative estimate of drug-likeness (QED) is 0.651. The number of hydrogen-bond donors (Lipinski definition) is 2. The van der Waals surface area contributed by atoms with E-state index in [0.29, 0.717) is 22.3 Å². The van der Waals surface area contributed by atoms with E-state index in [2.05, 4.69) is 10.6 Å². The summed E-state index contributed by atoms with van der Waals surface area (Å²) in [5.74, 6) is -1.76. The van der Waals surface area contributed by atoms with Crippen LogP contribution in [-0.2, 0) is 4.79 Å². The largest absolute Gasteiger partial charge is 0.550 e. The van der Waals surface area contributed by atoms with E-state index in [1.165, 1.54) is 6.26 Å². The molecule has 2 rings (SSSR count). The van der Waals surface area contributed by atoms with Crippen LogP contribution in [-0.4, -0.2) is 56.0 Å². The van der Waals surface area contributed by atoms with Crippen LogP contribution in [0.15, 0.2) is 41.0 Å². The van der Waals surface area contributed by atoms with Crippen molar-refractivity contribution in [2.45, 2.75) is 19.4 Å². The van der Waals surface area contributed by atoms with E-state index in [4.69, 9.17) is 4.42 Å². The number of amides is 2. The van der Waals surface area contributed by atoms with Crippen molar-refractivity contribution in [3.63, 3.8) is 0 Å². The van der Waals surface area contributed by atoms with Gasteiger partial charge in [0.05, 0.1) is 40.0 Å². The molecule has 1 aromatic heterocycles. The lowest BCUT2D eigenvalue weighted by Gasteiger charge is -2.30. The number of carbonyl (C=O) groups is 3. The number of carbonyl (C=O) groups excluding carboxylic acids is 3. The molecule has 0 radical (unpaired) electrons. The molecule has 8 nitrogen and oxygen atoms in total. The van der Waals surface area contributed by atoms with Crippen LogP contribution >= 0.6 is 0 Å². The fourth-order valence-corrected chi connectivity index (χ4v) is 2.79. The summed E-state index contributed by atoms with van der Waals surface area (Å²) in [7, 11) is 5.73. The highest BCUT2D eigenvalue weighted by molar-refractivity contribution is 6.03. The molecule has 0 saturated heterocycles. The summed E-state index contributed by atoms with van der Waals surface area (Å²) in [5.41, 5.74) is 1.59. The number of rotatable bonds is 8. The second kappa shape index (κ2) is 8.71. The number of nitrogens with zero attached hydrogens (tertiary/aromatic N) is 1. The van der Waals surface area contributed by atoms with Crippen molar-refractivity contribution in [3.05, 3.63) is 53.5 Å². The van der Waals surface area contributed by atoms with Gasteiger partial charge in [-0.1, -0.05) is 0 Å². The zero-order valence-corrected chi connectivity index (χ0v) is 16.4. The molecule has 0 aliphatic carbocycles. The minimum Gasteiger partial charge on any atom is -0.550 e. The third-order valence-corrected chi connectivity index (χ3v) is 3.99. The lowest BCUT2D eigenvalue weighted by Crippen LogP contribution is -2.50. The lowest BCUT2D eigenvalue weighted by molar-refractivity contribution is -0.871. The lowest BCUT2D eigenvalue weighted by atomic mass is 10.1. The second-order valence-electron chi connectivity index (χ2n) is 7.68. The highest BCUT2D eigenvalue weighted by Gasteiger charge is 2.21. The van der Waals surface area contributed by atoms with Gasteiger partial charge in [0.15, 0.2) is 5.76 Å². The first-order valence-electron chi connectivity index (χ1n) is 8.82. The first kappa shape index (κ1) is 21.2. The second-order valence-corrected chi connectivity index (χ2v) is 7.68. The number of benzene rings is 1. The van der Waals surface area contributed by atoms with Crippen LogP contribution in [0.2, 0.25) is 0 Å². The van der Waals surface area contributed by atoms with Crippen LogP contribution in [0.25, 0.3) is 0 Å². The summed E-state index contributed by atoms with van der Waals surface area (Å²) >= 11 is 0. The summed E-state index contributed by atoms with van der Waals surface area (Å²) in [4.78, 5) is 35.6. The third-order valence-electron chi connectivity index (χ3n) is 3.99. The SMILES string of the molecule is Cc1ccoc1C(=O)Nc1ccc(C(=O)NC(CC(=O)[O-])C[N+](C)(C)C)cc1. The molecule has 1 heterocycles. The van der Waals surface area contributed by atoms with Gasteiger partial charge >= 0.3 is 0 Å². The van der Waals surface area contributed by atoms with Gasteiger partial charge in [-0.25, -0.2) is 0 Å². The molecular weight excluding hydrogens is 362 g/mol. The Hall–Kier alpha value is -3.13. The Kier molecular flexibility index (Phi) is 6.58. The van der Waals surface area contributed by atoms with Crippen molar-refractivity contribution in [2.24, 2.45) is 0 Å². The van der Waals surface area contributed by atoms with E-state index in [1.807, 2.05) is 21.1 Å². The van der Waals surface area contributed by atoms with Crippen molar-refractivity contribution in [1.29, 1.82) is 0 Å². The molecule has 0 aliphatic heterocycles. The van der Waals surface area contributed by atoms with Crippen LogP contribution in [0.1, 0.15) is 32.9 Å². The molecule has 2 amide bonds. The summed E-state index contributed by atoms with van der Waals surface area (Å²) < 4.78 is 5.64. The Morgan fingerprint density at radius 2 is 1.71 bits per heavy atom. The fourth-order valence-electron chi connectivity index (χ4n) is 2.79. The average molecular weight is 387 g/mol. The first-order chi connectivity index (χ1) is 13.0. The van der Waals surface area contributed by atoms with Gasteiger partial charge in [-0.3, -0.25) is 9.59 Å². The van der Waals surface area contributed by atoms with E-state index < -0.39 is 12.0 Å². The van der Waals surface area contributed by atoms with Gasteiger partial charge in [-0.2, -0.15) is 0 Å². The van der Waals surface area contributed by atoms with E-state index >= 15 is 0 Å². The fraction of sp³-hybridized carbons (Fsp3) is 0.350. The third kappa shape index (κ3) is 6.24. The van der Waals surface area contributed by atoms with Crippen LogP contribution in [0.3, 0.4) is 0 Å². The van der Waals surface area contributed by atoms with Gasteiger partial charge in [-0.05, 0) is 37.3 Å². The molecular formula is C20H25N3O5. The molecule has 0 saturated carbocycles. The summed E-state index contributed by atoms with van der Waals surface area (Å²) in [6.45, 7) is 2.21. The van der Waals surface area contributed by atoms with Crippen molar-refractivity contribution in [2.75, 3.05) is 33.0 Å². The van der Waals surface area contributed by atoms with E-state index in [1.54, 1.807) is 37.3 Å². The van der Waals surface area contributed by atoms with Crippen LogP contribution in [0.5, 0.6) is 0 Å². The van der Waals surface area contributed by atoms with Gasteiger partial charge in [0, 0.05) is 29.2 Å². The number of anilines is 1. The maximum atomic E-state index is 12.5. The molecule has 0 spiro atoms. The maximum absolute atomic E-state index is 12.5. The van der Waals surface area contributed by atoms with Gasteiger partial charge in [0.1, 0.15) is 0 Å². The molecule has 1 unspecified atom stereocenters. The Morgan fingerprint density at radius 1 is 1.07 bits per heavy atom. The molecule has 1 atom stereocenters. The first-order valence-corrected chi connectivity index (χ1v) is 8.82. The average Bonchev–Trinajstić information content (AvgIpc) is 2.99. The summed E-state index contributed by atoms with van der Waals surface area (Å²) in [5, 5.41) is 16.4. The molecule has 1 aromatic carbocycles. The molecule has 2 aromatic rings. The molecule has 0 bridgehead atoms. The van der Waals surface area contributed by atoms with E-state index in [9.17, 15) is 19.5 Å². The van der Waals surface area contributed by atoms with Crippen molar-refractivity contribution < 1.29 is 28.4 Å². The number of carboxylic acid groups (broad SMARTS) is 1. The number of aryl methyl sites for hydroxylation is 1. The highest BCUT2D eigenvalue weighted by Crippen LogP contribution is 2.14. The van der Waals surface area contributed by atoms with Gasteiger partial charge in [-0.15, -0.1) is 0 Å². The summed E-state index contributed by atoms with van der Waals surface area (Å²) in [6.07, 6.45) is 1.18. The molecule has 8 heteroatoms. The minimum absolute atomic E-state index is 0.229. The van der Waals surface area contributed by atoms with Crippen LogP contribution in [0, 0.1) is 6.92 Å². The van der Waals surface area contributed by atoms with Crippen LogP contribution in [0.4, 0.5) is 5.69 Å². The molecule has 2 N–H and O–H groups in total. The predicted octanol–water partition coefficient (Wildman–Crippen LogP) is 0.785. The van der Waals surface area contributed by atoms with Gasteiger partial charge in [0.2, 0.25) is 0 Å². The normalized spacial score (nSPS) is 12.3. The maximum Gasteiger partial charge on any atom is 0.291 e. The topological polar surface area (TPSA) is 111 Å². The standard InChI is InChI=1S/C20H25N3O5/c1-13-9-10-28-18(13)20(27)21-15-7-5-14(6-8-15)19(26)22-16(11-17(24)25)12-23(2,3)4/h5-10,16H,11-12H2,1-4H3,(H2-,21,22,24,25,26,27). The molecule has 0 fully saturated rings. The van der Waals surface area contributed by atoms with Crippen molar-refractivity contribution in [3.8, 4) is 0 Å². The van der Waals surface area contributed by atoms with Gasteiger partial charge < -0.3 is 29.4 Å². The number of carboxylic acids is 1. The summed E-state index contributed by atoms with van der Waals surface area (Å²) in [6, 6.07) is 7.45. The zero-order chi connectivity index (χ0) is 20.9. The number of aliphatic carboxylic acids is 1. The number of furan rings is 1. The van der Waals surface area contributed by atoms with Crippen molar-refractivity contribution >= 4 is 23.5 Å². The highest BCUT2D eigenvalue weighted by atomic mass is 16.4. The number of nitrogens with one attached hydrogen (secondary N) is 2. The smallest absolute Gasteiger partial charge is 0.291 e. The molecule has 28 heavy (non-hydrogen) atoms. The van der Waals surface area contributed by atoms with E-state index in [-0.39, 0.29) is 24.0 Å². The Balaban J connectivity index is 2.02. The molecule has 150 valence electrons. The van der Waals surface area contributed by atoms with Crippen LogP contribution < -0.4 is 15.7 Å². The van der Waals surface area contributed by atoms with Gasteiger partial charge in [0.25, 0.3) is 11.8 Å². The Labute approximate surface area is 163 Å². The van der Waals surface area contributed by atoms with Crippen molar-refractivity contribution in [1.82, 2.24) is 5.32 Å². The number of quaternary nitrogens is 1. The number of likely N-dealkylation sites (N-methyl/N-ethyl adjacent to an activating group) is 1. The Bertz CT molecular complexity index is 849. The predicted molar refractivity (Wildman–Crippen MR) is 102 cm³/mol. The number of hydrogen-bond acceptors (Lipinski definition) is 5. The Morgan fingerprint density at radius 3 is 2.21 bits per heavy atom. The monoisotopic (exact) mass is 387 g/mol. The molecule has 0 aliphatic rings. The zero-order valence-electron chi connectivity index (χ0n) is 16.4. The van der Waals surface area contributed by atoms with E-state index in [0.717, 1.165) is 5.56 Å². The minimum atomic E-state index is -1.22.